The van der Waals surface area contributed by atoms with Crippen molar-refractivity contribution in [3.63, 3.8) is 0 Å². The fourth-order valence-corrected chi connectivity index (χ4v) is 0.863. The first-order valence-electron chi connectivity index (χ1n) is 4.64. The van der Waals surface area contributed by atoms with Gasteiger partial charge in [-0.25, -0.2) is 43.9 Å². The summed E-state index contributed by atoms with van der Waals surface area (Å²) in [7, 11) is 0. The van der Waals surface area contributed by atoms with Gasteiger partial charge in [0.15, 0.2) is 0 Å². The van der Waals surface area contributed by atoms with Crippen molar-refractivity contribution in [2.75, 3.05) is 0 Å². The Bertz CT molecular complexity index is 242. The molecule has 0 saturated carbocycles. The third-order valence-corrected chi connectivity index (χ3v) is 1.80. The average molecular weight is 310 g/mol. The number of alkyl halides is 10. The van der Waals surface area contributed by atoms with Crippen molar-refractivity contribution in [2.45, 2.75) is 50.3 Å². The lowest BCUT2D eigenvalue weighted by Gasteiger charge is -2.21. The predicted octanol–water partition coefficient (Wildman–Crippen LogP) is 4.18. The Hall–Kier alpha value is -0.740. The first-order chi connectivity index (χ1) is 8.38. The van der Waals surface area contributed by atoms with E-state index in [1.54, 1.807) is 0 Å². The highest BCUT2D eigenvalue weighted by Crippen LogP contribution is 2.32. The van der Waals surface area contributed by atoms with Gasteiger partial charge in [0.05, 0.1) is 12.8 Å². The quantitative estimate of drug-likeness (QED) is 0.611. The van der Waals surface area contributed by atoms with Gasteiger partial charge in [0.2, 0.25) is 12.7 Å². The van der Waals surface area contributed by atoms with E-state index in [1.165, 1.54) is 0 Å². The maximum absolute atomic E-state index is 12.6. The molecule has 0 saturated heterocycles. The highest BCUT2D eigenvalue weighted by Gasteiger charge is 2.46. The maximum Gasteiger partial charge on any atom is 0.312 e. The summed E-state index contributed by atoms with van der Waals surface area (Å²) >= 11 is 0. The molecule has 2 atom stereocenters. The van der Waals surface area contributed by atoms with Gasteiger partial charge in [0.1, 0.15) is 0 Å². The number of halogens is 10. The number of ether oxygens (including phenoxy) is 1. The molecule has 0 bridgehead atoms. The molecule has 0 aromatic rings. The third-order valence-electron chi connectivity index (χ3n) is 1.80. The molecular formula is C8H8F10O. The molecule has 0 rings (SSSR count). The maximum atomic E-state index is 12.6. The lowest BCUT2D eigenvalue weighted by atomic mass is 10.2. The van der Waals surface area contributed by atoms with Crippen LogP contribution < -0.4 is 0 Å². The van der Waals surface area contributed by atoms with Crippen LogP contribution in [0.1, 0.15) is 12.8 Å². The van der Waals surface area contributed by atoms with Crippen LogP contribution in [0.25, 0.3) is 0 Å². The van der Waals surface area contributed by atoms with Gasteiger partial charge < -0.3 is 4.74 Å². The van der Waals surface area contributed by atoms with Gasteiger partial charge in [-0.15, -0.1) is 0 Å². The highest BCUT2D eigenvalue weighted by molar-refractivity contribution is 4.73. The van der Waals surface area contributed by atoms with Crippen molar-refractivity contribution >= 4 is 0 Å². The lowest BCUT2D eigenvalue weighted by molar-refractivity contribution is -0.227. The predicted molar refractivity (Wildman–Crippen MR) is 42.0 cm³/mol. The van der Waals surface area contributed by atoms with E-state index in [4.69, 9.17) is 0 Å². The van der Waals surface area contributed by atoms with E-state index in [0.717, 1.165) is 0 Å². The molecule has 0 aliphatic heterocycles. The molecule has 0 aliphatic rings. The molecule has 1 nitrogen and oxygen atoms in total. The van der Waals surface area contributed by atoms with E-state index in [1.807, 2.05) is 0 Å². The zero-order valence-corrected chi connectivity index (χ0v) is 8.91. The Morgan fingerprint density at radius 3 is 1.11 bits per heavy atom. The van der Waals surface area contributed by atoms with Crippen LogP contribution in [0.3, 0.4) is 0 Å². The Kier molecular flexibility index (Phi) is 6.36. The zero-order chi connectivity index (χ0) is 15.4. The van der Waals surface area contributed by atoms with E-state index in [2.05, 4.69) is 4.74 Å². The molecule has 0 fully saturated rings. The van der Waals surface area contributed by atoms with E-state index in [-0.39, 0.29) is 0 Å². The fourth-order valence-electron chi connectivity index (χ4n) is 0.863. The molecule has 0 spiro atoms. The summed E-state index contributed by atoms with van der Waals surface area (Å²) in [6.45, 7) is 0. The summed E-state index contributed by atoms with van der Waals surface area (Å²) in [6, 6.07) is 0. The van der Waals surface area contributed by atoms with Gasteiger partial charge in [0.25, 0.3) is 0 Å². The molecular weight excluding hydrogens is 302 g/mol. The van der Waals surface area contributed by atoms with Gasteiger partial charge in [-0.3, -0.25) is 0 Å². The second kappa shape index (κ2) is 6.62. The Balaban J connectivity index is 4.31. The standard InChI is InChI=1S/C8H8F10O/c9-3(1-7(15,16)5(11)12)19-4(10)2-8(17,18)6(13)14/h3-6H,1-2H2. The smallest absolute Gasteiger partial charge is 0.312 e. The van der Waals surface area contributed by atoms with Crippen LogP contribution in [0.5, 0.6) is 0 Å². The zero-order valence-electron chi connectivity index (χ0n) is 8.91. The van der Waals surface area contributed by atoms with Crippen molar-refractivity contribution in [1.82, 2.24) is 0 Å². The largest absolute Gasteiger partial charge is 0.314 e. The second-order valence-corrected chi connectivity index (χ2v) is 3.49. The summed E-state index contributed by atoms with van der Waals surface area (Å²) in [5.41, 5.74) is 0. The van der Waals surface area contributed by atoms with E-state index < -0.39 is 50.3 Å². The van der Waals surface area contributed by atoms with E-state index in [9.17, 15) is 43.9 Å². The minimum Gasteiger partial charge on any atom is -0.314 e. The Morgan fingerprint density at radius 2 is 0.895 bits per heavy atom. The molecule has 0 aromatic carbocycles. The monoisotopic (exact) mass is 310 g/mol. The summed E-state index contributed by atoms with van der Waals surface area (Å²) in [5, 5.41) is 0. The van der Waals surface area contributed by atoms with Crippen molar-refractivity contribution in [2.24, 2.45) is 0 Å². The molecule has 0 radical (unpaired) electrons. The molecule has 0 heterocycles. The second-order valence-electron chi connectivity index (χ2n) is 3.49. The number of hydrogen-bond acceptors (Lipinski definition) is 1. The average Bonchev–Trinajstić information content (AvgIpc) is 2.13. The summed E-state index contributed by atoms with van der Waals surface area (Å²) in [5.74, 6) is -9.71. The summed E-state index contributed by atoms with van der Waals surface area (Å²) in [4.78, 5) is 0. The first-order valence-corrected chi connectivity index (χ1v) is 4.64. The van der Waals surface area contributed by atoms with Gasteiger partial charge in [-0.05, 0) is 0 Å². The lowest BCUT2D eigenvalue weighted by Crippen LogP contribution is -2.35. The molecule has 0 aliphatic carbocycles. The van der Waals surface area contributed by atoms with Gasteiger partial charge >= 0.3 is 24.7 Å². The highest BCUT2D eigenvalue weighted by atomic mass is 19.3. The number of hydrogen-bond donors (Lipinski definition) is 0. The molecule has 2 unspecified atom stereocenters. The first kappa shape index (κ1) is 18.3. The van der Waals surface area contributed by atoms with Crippen LogP contribution in [-0.4, -0.2) is 37.4 Å². The SMILES string of the molecule is FC(CC(F)(F)C(F)F)OC(F)CC(F)(F)C(F)F. The molecule has 116 valence electrons. The Morgan fingerprint density at radius 1 is 0.632 bits per heavy atom. The summed E-state index contributed by atoms with van der Waals surface area (Å²) in [6.07, 6.45) is -19.8. The van der Waals surface area contributed by atoms with Crippen molar-refractivity contribution in [3.05, 3.63) is 0 Å². The van der Waals surface area contributed by atoms with Crippen molar-refractivity contribution < 1.29 is 48.6 Å². The molecule has 0 amide bonds. The summed E-state index contributed by atoms with van der Waals surface area (Å²) < 4.78 is 124. The van der Waals surface area contributed by atoms with Crippen LogP contribution in [0.4, 0.5) is 43.9 Å². The van der Waals surface area contributed by atoms with Crippen molar-refractivity contribution in [3.8, 4) is 0 Å². The minimum absolute atomic E-state index is 2.29. The van der Waals surface area contributed by atoms with E-state index in [0.29, 0.717) is 0 Å². The topological polar surface area (TPSA) is 9.23 Å². The fraction of sp³-hybridized carbons (Fsp3) is 1.00. The third kappa shape index (κ3) is 6.30. The molecule has 0 aromatic heterocycles. The van der Waals surface area contributed by atoms with Crippen LogP contribution in [0, 0.1) is 0 Å². The van der Waals surface area contributed by atoms with Crippen LogP contribution >= 0.6 is 0 Å². The normalized spacial score (nSPS) is 17.1. The minimum atomic E-state index is -4.86. The van der Waals surface area contributed by atoms with Gasteiger partial charge in [-0.1, -0.05) is 0 Å². The Labute approximate surface area is 100 Å². The van der Waals surface area contributed by atoms with Crippen LogP contribution in [-0.2, 0) is 4.74 Å². The van der Waals surface area contributed by atoms with Gasteiger partial charge in [0, 0.05) is 0 Å². The molecule has 0 N–H and O–H groups in total. The van der Waals surface area contributed by atoms with Gasteiger partial charge in [-0.2, -0.15) is 0 Å². The van der Waals surface area contributed by atoms with E-state index >= 15 is 0 Å². The number of rotatable bonds is 8. The van der Waals surface area contributed by atoms with Crippen LogP contribution in [0.2, 0.25) is 0 Å². The van der Waals surface area contributed by atoms with Crippen LogP contribution in [0.15, 0.2) is 0 Å². The molecule has 11 heteroatoms. The van der Waals surface area contributed by atoms with Crippen molar-refractivity contribution in [1.29, 1.82) is 0 Å². The molecule has 19 heavy (non-hydrogen) atoms.